The van der Waals surface area contributed by atoms with E-state index >= 15 is 0 Å². The quantitative estimate of drug-likeness (QED) is 0.933. The summed E-state index contributed by atoms with van der Waals surface area (Å²) in [7, 11) is 0. The normalized spacial score (nSPS) is 21.3. The summed E-state index contributed by atoms with van der Waals surface area (Å²) in [6, 6.07) is 20.3. The predicted molar refractivity (Wildman–Crippen MR) is 97.3 cm³/mol. The van der Waals surface area contributed by atoms with E-state index in [0.29, 0.717) is 6.54 Å². The molecule has 0 spiro atoms. The van der Waals surface area contributed by atoms with Gasteiger partial charge in [0.15, 0.2) is 0 Å². The second-order valence-electron chi connectivity index (χ2n) is 7.63. The molecule has 3 rings (SSSR count). The van der Waals surface area contributed by atoms with Gasteiger partial charge in [0.25, 0.3) is 0 Å². The Kier molecular flexibility index (Phi) is 4.72. The first-order valence-electron chi connectivity index (χ1n) is 8.59. The molecule has 1 amide bonds. The van der Waals surface area contributed by atoms with Crippen molar-refractivity contribution in [3.63, 3.8) is 0 Å². The molecule has 1 fully saturated rings. The molecule has 0 unspecified atom stereocenters. The lowest BCUT2D eigenvalue weighted by atomic mass is 9.91. The van der Waals surface area contributed by atoms with Gasteiger partial charge in [0.1, 0.15) is 0 Å². The molecule has 3 heteroatoms. The van der Waals surface area contributed by atoms with Gasteiger partial charge in [0.2, 0.25) is 5.91 Å². The van der Waals surface area contributed by atoms with Gasteiger partial charge in [0, 0.05) is 6.54 Å². The van der Waals surface area contributed by atoms with Crippen molar-refractivity contribution in [3.8, 4) is 0 Å². The molecule has 1 heterocycles. The largest absolute Gasteiger partial charge is 0.321 e. The van der Waals surface area contributed by atoms with Gasteiger partial charge in [0.05, 0.1) is 12.2 Å². The van der Waals surface area contributed by atoms with E-state index in [9.17, 15) is 4.79 Å². The van der Waals surface area contributed by atoms with Crippen LogP contribution in [0.15, 0.2) is 60.7 Å². The molecule has 0 aromatic heterocycles. The maximum absolute atomic E-state index is 13.0. The van der Waals surface area contributed by atoms with E-state index in [-0.39, 0.29) is 23.5 Å². The number of carbonyl (C=O) groups excluding carboxylic acids is 1. The zero-order valence-corrected chi connectivity index (χ0v) is 14.7. The van der Waals surface area contributed by atoms with Crippen LogP contribution in [-0.2, 0) is 17.8 Å². The van der Waals surface area contributed by atoms with E-state index in [1.807, 2.05) is 41.3 Å². The van der Waals surface area contributed by atoms with Gasteiger partial charge < -0.3 is 4.90 Å². The highest BCUT2D eigenvalue weighted by Gasteiger charge is 2.43. The first kappa shape index (κ1) is 16.7. The van der Waals surface area contributed by atoms with Crippen LogP contribution in [0.5, 0.6) is 0 Å². The SMILES string of the molecule is CC(C)(C)[C@@H]1N[C@@H](Cc2ccccc2)C(=O)N1Cc1ccccc1. The second-order valence-corrected chi connectivity index (χ2v) is 7.63. The molecular formula is C21H26N2O. The summed E-state index contributed by atoms with van der Waals surface area (Å²) < 4.78 is 0. The van der Waals surface area contributed by atoms with Crippen molar-refractivity contribution in [2.75, 3.05) is 0 Å². The third-order valence-corrected chi connectivity index (χ3v) is 4.55. The summed E-state index contributed by atoms with van der Waals surface area (Å²) in [5.74, 6) is 0.197. The Hall–Kier alpha value is -2.13. The molecule has 3 nitrogen and oxygen atoms in total. The molecule has 2 atom stereocenters. The first-order chi connectivity index (χ1) is 11.4. The monoisotopic (exact) mass is 322 g/mol. The van der Waals surface area contributed by atoms with E-state index in [1.165, 1.54) is 11.1 Å². The Balaban J connectivity index is 1.81. The molecule has 0 bridgehead atoms. The number of amides is 1. The Bertz CT molecular complexity index is 676. The Morgan fingerprint density at radius 1 is 0.917 bits per heavy atom. The number of rotatable bonds is 4. The molecule has 1 aliphatic heterocycles. The smallest absolute Gasteiger partial charge is 0.241 e. The summed E-state index contributed by atoms with van der Waals surface area (Å²) in [4.78, 5) is 15.0. The molecule has 1 N–H and O–H groups in total. The summed E-state index contributed by atoms with van der Waals surface area (Å²) >= 11 is 0. The van der Waals surface area contributed by atoms with E-state index in [1.54, 1.807) is 0 Å². The van der Waals surface area contributed by atoms with Crippen LogP contribution in [0, 0.1) is 5.41 Å². The third-order valence-electron chi connectivity index (χ3n) is 4.55. The Morgan fingerprint density at radius 2 is 1.46 bits per heavy atom. The fourth-order valence-electron chi connectivity index (χ4n) is 3.34. The van der Waals surface area contributed by atoms with E-state index in [0.717, 1.165) is 6.42 Å². The highest BCUT2D eigenvalue weighted by Crippen LogP contribution is 2.29. The molecule has 24 heavy (non-hydrogen) atoms. The average Bonchev–Trinajstić information content (AvgIpc) is 2.86. The Labute approximate surface area is 144 Å². The molecule has 1 saturated heterocycles. The number of hydrogen-bond acceptors (Lipinski definition) is 2. The highest BCUT2D eigenvalue weighted by atomic mass is 16.2. The van der Waals surface area contributed by atoms with Crippen molar-refractivity contribution in [1.82, 2.24) is 10.2 Å². The van der Waals surface area contributed by atoms with Gasteiger partial charge in [-0.1, -0.05) is 81.4 Å². The minimum Gasteiger partial charge on any atom is -0.321 e. The number of carbonyl (C=O) groups is 1. The standard InChI is InChI=1S/C21H26N2O/c1-21(2,3)20-22-18(14-16-10-6-4-7-11-16)19(24)23(20)15-17-12-8-5-9-13-17/h4-13,18,20,22H,14-15H2,1-3H3/t18-,20+/m0/s1. The molecule has 0 saturated carbocycles. The number of nitrogens with one attached hydrogen (secondary N) is 1. The van der Waals surface area contributed by atoms with Crippen LogP contribution in [0.2, 0.25) is 0 Å². The van der Waals surface area contributed by atoms with Gasteiger partial charge >= 0.3 is 0 Å². The summed E-state index contributed by atoms with van der Waals surface area (Å²) in [6.07, 6.45) is 0.774. The first-order valence-corrected chi connectivity index (χ1v) is 8.59. The summed E-state index contributed by atoms with van der Waals surface area (Å²) in [6.45, 7) is 7.20. The summed E-state index contributed by atoms with van der Waals surface area (Å²) in [5, 5.41) is 3.58. The second kappa shape index (κ2) is 6.78. The van der Waals surface area contributed by atoms with Gasteiger partial charge in [-0.2, -0.15) is 0 Å². The zero-order valence-electron chi connectivity index (χ0n) is 14.7. The van der Waals surface area contributed by atoms with Crippen molar-refractivity contribution < 1.29 is 4.79 Å². The lowest BCUT2D eigenvalue weighted by molar-refractivity contribution is -0.131. The zero-order chi connectivity index (χ0) is 17.2. The van der Waals surface area contributed by atoms with Crippen molar-refractivity contribution >= 4 is 5.91 Å². The van der Waals surface area contributed by atoms with E-state index in [2.05, 4.69) is 50.4 Å². The van der Waals surface area contributed by atoms with Gasteiger partial charge in [-0.3, -0.25) is 10.1 Å². The fraction of sp³-hybridized carbons (Fsp3) is 0.381. The predicted octanol–water partition coefficient (Wildman–Crippen LogP) is 3.60. The molecule has 0 aliphatic carbocycles. The van der Waals surface area contributed by atoms with Crippen LogP contribution in [0.25, 0.3) is 0 Å². The fourth-order valence-corrected chi connectivity index (χ4v) is 3.34. The minimum atomic E-state index is -0.152. The van der Waals surface area contributed by atoms with Crippen LogP contribution in [-0.4, -0.2) is 23.0 Å². The van der Waals surface area contributed by atoms with Crippen molar-refractivity contribution in [2.45, 2.75) is 45.9 Å². The van der Waals surface area contributed by atoms with Gasteiger partial charge in [-0.25, -0.2) is 0 Å². The van der Waals surface area contributed by atoms with Crippen LogP contribution in [0.4, 0.5) is 0 Å². The highest BCUT2D eigenvalue weighted by molar-refractivity contribution is 5.84. The van der Waals surface area contributed by atoms with Crippen LogP contribution in [0.3, 0.4) is 0 Å². The third kappa shape index (κ3) is 3.68. The van der Waals surface area contributed by atoms with E-state index in [4.69, 9.17) is 0 Å². The molecule has 2 aromatic carbocycles. The number of nitrogens with zero attached hydrogens (tertiary/aromatic N) is 1. The maximum atomic E-state index is 13.0. The molecular weight excluding hydrogens is 296 g/mol. The van der Waals surface area contributed by atoms with Crippen LogP contribution in [0.1, 0.15) is 31.9 Å². The average molecular weight is 322 g/mol. The lowest BCUT2D eigenvalue weighted by Gasteiger charge is -2.34. The van der Waals surface area contributed by atoms with Crippen LogP contribution < -0.4 is 5.32 Å². The van der Waals surface area contributed by atoms with E-state index < -0.39 is 0 Å². The number of hydrogen-bond donors (Lipinski definition) is 1. The topological polar surface area (TPSA) is 32.3 Å². The lowest BCUT2D eigenvalue weighted by Crippen LogP contribution is -2.46. The minimum absolute atomic E-state index is 0.0180. The number of benzene rings is 2. The van der Waals surface area contributed by atoms with Crippen LogP contribution >= 0.6 is 0 Å². The Morgan fingerprint density at radius 3 is 2.00 bits per heavy atom. The van der Waals surface area contributed by atoms with Gasteiger partial charge in [-0.05, 0) is 23.0 Å². The van der Waals surface area contributed by atoms with Crippen molar-refractivity contribution in [1.29, 1.82) is 0 Å². The van der Waals surface area contributed by atoms with Gasteiger partial charge in [-0.15, -0.1) is 0 Å². The van der Waals surface area contributed by atoms with Crippen molar-refractivity contribution in [3.05, 3.63) is 71.8 Å². The van der Waals surface area contributed by atoms with Crippen molar-refractivity contribution in [2.24, 2.45) is 5.41 Å². The summed E-state index contributed by atoms with van der Waals surface area (Å²) in [5.41, 5.74) is 2.34. The molecule has 0 radical (unpaired) electrons. The molecule has 1 aliphatic rings. The molecule has 2 aromatic rings. The molecule has 126 valence electrons. The maximum Gasteiger partial charge on any atom is 0.241 e.